The van der Waals surface area contributed by atoms with Crippen LogP contribution in [0.3, 0.4) is 0 Å². The summed E-state index contributed by atoms with van der Waals surface area (Å²) in [6.07, 6.45) is 0.874. The second kappa shape index (κ2) is 6.36. The third-order valence-electron chi connectivity index (χ3n) is 3.24. The molecule has 3 rings (SSSR count). The van der Waals surface area contributed by atoms with Crippen LogP contribution in [-0.4, -0.2) is 13.2 Å². The minimum absolute atomic E-state index is 0.110. The highest BCUT2D eigenvalue weighted by atomic mass is 79.9. The van der Waals surface area contributed by atoms with Crippen LogP contribution < -0.4 is 9.47 Å². The lowest BCUT2D eigenvalue weighted by Crippen LogP contribution is -1.98. The van der Waals surface area contributed by atoms with E-state index in [1.807, 2.05) is 24.3 Å². The molecule has 0 amide bonds. The van der Waals surface area contributed by atoms with Crippen molar-refractivity contribution in [2.45, 2.75) is 11.2 Å². The summed E-state index contributed by atoms with van der Waals surface area (Å²) >= 11 is 6.94. The van der Waals surface area contributed by atoms with Gasteiger partial charge in [-0.3, -0.25) is 0 Å². The van der Waals surface area contributed by atoms with Gasteiger partial charge in [0.15, 0.2) is 11.5 Å². The number of hydrogen-bond acceptors (Lipinski definition) is 2. The molecule has 5 heteroatoms. The number of benzene rings is 2. The predicted octanol–water partition coefficient (Wildman–Crippen LogP) is 5.23. The number of halogens is 3. The SMILES string of the molecule is Fc1cc(Br)cc(C(Br)c2ccc3c(c2)OCCCO3)c1. The van der Waals surface area contributed by atoms with E-state index >= 15 is 0 Å². The Morgan fingerprint density at radius 1 is 0.952 bits per heavy atom. The fraction of sp³-hybridized carbons (Fsp3) is 0.250. The van der Waals surface area contributed by atoms with Gasteiger partial charge in [0, 0.05) is 10.9 Å². The van der Waals surface area contributed by atoms with Crippen LogP contribution in [-0.2, 0) is 0 Å². The topological polar surface area (TPSA) is 18.5 Å². The van der Waals surface area contributed by atoms with Crippen molar-refractivity contribution in [2.75, 3.05) is 13.2 Å². The first-order valence-corrected chi connectivity index (χ1v) is 8.34. The average Bonchev–Trinajstić information content (AvgIpc) is 2.69. The first-order valence-electron chi connectivity index (χ1n) is 6.63. The molecule has 2 nitrogen and oxygen atoms in total. The van der Waals surface area contributed by atoms with E-state index in [1.165, 1.54) is 12.1 Å². The van der Waals surface area contributed by atoms with Gasteiger partial charge in [-0.1, -0.05) is 37.9 Å². The molecule has 0 aliphatic carbocycles. The molecule has 0 N–H and O–H groups in total. The van der Waals surface area contributed by atoms with Crippen LogP contribution in [0.1, 0.15) is 22.4 Å². The summed E-state index contributed by atoms with van der Waals surface area (Å²) in [7, 11) is 0. The highest BCUT2D eigenvalue weighted by Crippen LogP contribution is 2.38. The van der Waals surface area contributed by atoms with Gasteiger partial charge in [0.2, 0.25) is 0 Å². The highest BCUT2D eigenvalue weighted by Gasteiger charge is 2.16. The molecule has 2 aromatic rings. The van der Waals surface area contributed by atoms with Crippen LogP contribution in [0.2, 0.25) is 0 Å². The lowest BCUT2D eigenvalue weighted by molar-refractivity contribution is 0.297. The van der Waals surface area contributed by atoms with Crippen molar-refractivity contribution >= 4 is 31.9 Å². The zero-order chi connectivity index (χ0) is 14.8. The summed E-state index contributed by atoms with van der Waals surface area (Å²) in [5.74, 6) is 1.24. The van der Waals surface area contributed by atoms with Gasteiger partial charge < -0.3 is 9.47 Å². The van der Waals surface area contributed by atoms with E-state index in [0.29, 0.717) is 13.2 Å². The van der Waals surface area contributed by atoms with Crippen LogP contribution in [0.4, 0.5) is 4.39 Å². The molecule has 1 aliphatic heterocycles. The lowest BCUT2D eigenvalue weighted by Gasteiger charge is -2.14. The van der Waals surface area contributed by atoms with Gasteiger partial charge in [-0.05, 0) is 41.5 Å². The van der Waals surface area contributed by atoms with E-state index in [2.05, 4.69) is 31.9 Å². The minimum Gasteiger partial charge on any atom is -0.490 e. The monoisotopic (exact) mass is 414 g/mol. The maximum absolute atomic E-state index is 13.5. The van der Waals surface area contributed by atoms with E-state index in [0.717, 1.165) is 33.5 Å². The highest BCUT2D eigenvalue weighted by molar-refractivity contribution is 9.10. The molecular formula is C16H13Br2FO2. The molecule has 0 fully saturated rings. The summed E-state index contributed by atoms with van der Waals surface area (Å²) in [6, 6.07) is 10.7. The van der Waals surface area contributed by atoms with Crippen LogP contribution in [0.25, 0.3) is 0 Å². The molecule has 0 spiro atoms. The van der Waals surface area contributed by atoms with E-state index in [1.54, 1.807) is 0 Å². The number of fused-ring (bicyclic) bond motifs is 1. The molecule has 0 bridgehead atoms. The van der Waals surface area contributed by atoms with Gasteiger partial charge in [0.25, 0.3) is 0 Å². The summed E-state index contributed by atoms with van der Waals surface area (Å²) < 4.78 is 25.6. The Labute approximate surface area is 139 Å². The molecule has 1 aliphatic rings. The van der Waals surface area contributed by atoms with Crippen molar-refractivity contribution in [2.24, 2.45) is 0 Å². The van der Waals surface area contributed by atoms with E-state index < -0.39 is 0 Å². The van der Waals surface area contributed by atoms with Gasteiger partial charge >= 0.3 is 0 Å². The average molecular weight is 416 g/mol. The van der Waals surface area contributed by atoms with Crippen molar-refractivity contribution in [3.8, 4) is 11.5 Å². The molecule has 0 radical (unpaired) electrons. The van der Waals surface area contributed by atoms with Crippen LogP contribution in [0.5, 0.6) is 11.5 Å². The zero-order valence-corrected chi connectivity index (χ0v) is 14.3. The van der Waals surface area contributed by atoms with Crippen molar-refractivity contribution in [1.29, 1.82) is 0 Å². The van der Waals surface area contributed by atoms with Gasteiger partial charge in [0.1, 0.15) is 5.82 Å². The first kappa shape index (κ1) is 14.9. The molecule has 21 heavy (non-hydrogen) atoms. The lowest BCUT2D eigenvalue weighted by atomic mass is 10.0. The third-order valence-corrected chi connectivity index (χ3v) is 4.76. The zero-order valence-electron chi connectivity index (χ0n) is 11.1. The molecule has 0 saturated carbocycles. The Hall–Kier alpha value is -1.07. The molecule has 1 unspecified atom stereocenters. The normalized spacial score (nSPS) is 15.4. The smallest absolute Gasteiger partial charge is 0.161 e. The molecule has 110 valence electrons. The van der Waals surface area contributed by atoms with E-state index in [-0.39, 0.29) is 10.6 Å². The van der Waals surface area contributed by atoms with Gasteiger partial charge in [-0.2, -0.15) is 0 Å². The number of rotatable bonds is 2. The Bertz CT molecular complexity index is 640. The van der Waals surface area contributed by atoms with Crippen molar-refractivity contribution in [3.05, 3.63) is 57.8 Å². The number of hydrogen-bond donors (Lipinski definition) is 0. The van der Waals surface area contributed by atoms with Gasteiger partial charge in [0.05, 0.1) is 18.0 Å². The Morgan fingerprint density at radius 3 is 2.48 bits per heavy atom. The predicted molar refractivity (Wildman–Crippen MR) is 86.9 cm³/mol. The Balaban J connectivity index is 1.94. The summed E-state index contributed by atoms with van der Waals surface area (Å²) in [6.45, 7) is 1.32. The largest absolute Gasteiger partial charge is 0.490 e. The fourth-order valence-corrected chi connectivity index (χ4v) is 3.28. The number of ether oxygens (including phenoxy) is 2. The molecular weight excluding hydrogens is 403 g/mol. The summed E-state index contributed by atoms with van der Waals surface area (Å²) in [5.41, 5.74) is 1.84. The minimum atomic E-state index is -0.266. The van der Waals surface area contributed by atoms with Crippen LogP contribution in [0, 0.1) is 5.82 Å². The first-order chi connectivity index (χ1) is 10.1. The van der Waals surface area contributed by atoms with E-state index in [9.17, 15) is 4.39 Å². The van der Waals surface area contributed by atoms with E-state index in [4.69, 9.17) is 9.47 Å². The second-order valence-electron chi connectivity index (χ2n) is 4.82. The molecule has 0 saturated heterocycles. The fourth-order valence-electron chi connectivity index (χ4n) is 2.25. The maximum atomic E-state index is 13.5. The third kappa shape index (κ3) is 3.40. The van der Waals surface area contributed by atoms with Gasteiger partial charge in [-0.15, -0.1) is 0 Å². The Kier molecular flexibility index (Phi) is 4.50. The quantitative estimate of drug-likeness (QED) is 0.625. The molecule has 1 atom stereocenters. The van der Waals surface area contributed by atoms with Crippen LogP contribution >= 0.6 is 31.9 Å². The second-order valence-corrected chi connectivity index (χ2v) is 6.65. The Morgan fingerprint density at radius 2 is 1.71 bits per heavy atom. The number of alkyl halides is 1. The van der Waals surface area contributed by atoms with Crippen molar-refractivity contribution < 1.29 is 13.9 Å². The van der Waals surface area contributed by atoms with Crippen LogP contribution in [0.15, 0.2) is 40.9 Å². The molecule has 0 aromatic heterocycles. The molecule has 2 aromatic carbocycles. The molecule has 1 heterocycles. The standard InChI is InChI=1S/C16H13Br2FO2/c17-12-6-11(7-13(19)9-12)16(18)10-2-3-14-15(8-10)21-5-1-4-20-14/h2-3,6-9,16H,1,4-5H2. The van der Waals surface area contributed by atoms with Crippen molar-refractivity contribution in [1.82, 2.24) is 0 Å². The van der Waals surface area contributed by atoms with Gasteiger partial charge in [-0.25, -0.2) is 4.39 Å². The van der Waals surface area contributed by atoms with Crippen molar-refractivity contribution in [3.63, 3.8) is 0 Å². The maximum Gasteiger partial charge on any atom is 0.161 e. The summed E-state index contributed by atoms with van der Waals surface area (Å²) in [5, 5.41) is 0. The summed E-state index contributed by atoms with van der Waals surface area (Å²) in [4.78, 5) is -0.110.